The highest BCUT2D eigenvalue weighted by Gasteiger charge is 2.01. The number of anilines is 1. The molecule has 0 bridgehead atoms. The molecule has 1 aromatic rings. The number of rotatable bonds is 4. The summed E-state index contributed by atoms with van der Waals surface area (Å²) in [4.78, 5) is 11.5. The maximum atomic E-state index is 11.5. The minimum absolute atomic E-state index is 0.107. The van der Waals surface area contributed by atoms with Gasteiger partial charge in [-0.05, 0) is 30.5 Å². The fourth-order valence-corrected chi connectivity index (χ4v) is 1.41. The van der Waals surface area contributed by atoms with Crippen LogP contribution >= 0.6 is 0 Å². The number of amides is 1. The minimum atomic E-state index is -0.107. The van der Waals surface area contributed by atoms with E-state index < -0.39 is 0 Å². The standard InChI is InChI=1S/C15H19NO/c1-4-5-6-10-15(17)16-14-9-7-8-13(11-14)12(2)3/h4-12H,1-3H3,(H,16,17)/b5-4+,10-6+. The Morgan fingerprint density at radius 3 is 2.71 bits per heavy atom. The molecule has 0 unspecified atom stereocenters. The van der Waals surface area contributed by atoms with Gasteiger partial charge in [0.2, 0.25) is 5.91 Å². The van der Waals surface area contributed by atoms with Gasteiger partial charge in [-0.25, -0.2) is 0 Å². The maximum absolute atomic E-state index is 11.5. The zero-order valence-electron chi connectivity index (χ0n) is 10.6. The first-order valence-electron chi connectivity index (χ1n) is 5.83. The van der Waals surface area contributed by atoms with Crippen LogP contribution in [0.3, 0.4) is 0 Å². The molecule has 1 amide bonds. The number of carbonyl (C=O) groups is 1. The normalized spacial score (nSPS) is 11.5. The first-order chi connectivity index (χ1) is 8.13. The molecule has 1 aromatic carbocycles. The summed E-state index contributed by atoms with van der Waals surface area (Å²) in [6, 6.07) is 7.93. The third-order valence-electron chi connectivity index (χ3n) is 2.37. The van der Waals surface area contributed by atoms with Crippen molar-refractivity contribution >= 4 is 11.6 Å². The highest BCUT2D eigenvalue weighted by atomic mass is 16.1. The molecule has 0 aliphatic carbocycles. The molecule has 17 heavy (non-hydrogen) atoms. The highest BCUT2D eigenvalue weighted by Crippen LogP contribution is 2.18. The van der Waals surface area contributed by atoms with Gasteiger partial charge in [-0.15, -0.1) is 0 Å². The summed E-state index contributed by atoms with van der Waals surface area (Å²) in [5.74, 6) is 0.356. The smallest absolute Gasteiger partial charge is 0.248 e. The van der Waals surface area contributed by atoms with Crippen molar-refractivity contribution < 1.29 is 4.79 Å². The Morgan fingerprint density at radius 2 is 2.06 bits per heavy atom. The Labute approximate surface area is 103 Å². The van der Waals surface area contributed by atoms with Gasteiger partial charge >= 0.3 is 0 Å². The van der Waals surface area contributed by atoms with E-state index >= 15 is 0 Å². The first-order valence-corrected chi connectivity index (χ1v) is 5.83. The highest BCUT2D eigenvalue weighted by molar-refractivity contribution is 5.99. The number of hydrogen-bond donors (Lipinski definition) is 1. The molecule has 1 rings (SSSR count). The quantitative estimate of drug-likeness (QED) is 0.616. The Kier molecular flexibility index (Phi) is 5.21. The van der Waals surface area contributed by atoms with E-state index in [0.29, 0.717) is 5.92 Å². The monoisotopic (exact) mass is 229 g/mol. The second kappa shape index (κ2) is 6.69. The molecular weight excluding hydrogens is 210 g/mol. The van der Waals surface area contributed by atoms with Gasteiger partial charge in [0.15, 0.2) is 0 Å². The lowest BCUT2D eigenvalue weighted by atomic mass is 10.0. The van der Waals surface area contributed by atoms with Crippen LogP contribution in [0.4, 0.5) is 5.69 Å². The third kappa shape index (κ3) is 4.68. The summed E-state index contributed by atoms with van der Waals surface area (Å²) in [5.41, 5.74) is 2.06. The SMILES string of the molecule is C/C=C/C=C/C(=O)Nc1cccc(C(C)C)c1. The van der Waals surface area contributed by atoms with Crippen LogP contribution in [0.1, 0.15) is 32.3 Å². The van der Waals surface area contributed by atoms with E-state index in [1.165, 1.54) is 11.6 Å². The predicted octanol–water partition coefficient (Wildman–Crippen LogP) is 3.88. The van der Waals surface area contributed by atoms with Gasteiger partial charge in [0.25, 0.3) is 0 Å². The van der Waals surface area contributed by atoms with E-state index in [1.807, 2.05) is 37.3 Å². The molecule has 0 spiro atoms. The summed E-state index contributed by atoms with van der Waals surface area (Å²) < 4.78 is 0. The summed E-state index contributed by atoms with van der Waals surface area (Å²) in [5, 5.41) is 2.84. The molecule has 1 N–H and O–H groups in total. The maximum Gasteiger partial charge on any atom is 0.248 e. The van der Waals surface area contributed by atoms with Gasteiger partial charge in [0.05, 0.1) is 0 Å². The largest absolute Gasteiger partial charge is 0.323 e. The number of carbonyl (C=O) groups excluding carboxylic acids is 1. The van der Waals surface area contributed by atoms with Crippen molar-refractivity contribution in [1.82, 2.24) is 0 Å². The van der Waals surface area contributed by atoms with E-state index in [-0.39, 0.29) is 5.91 Å². The summed E-state index contributed by atoms with van der Waals surface area (Å²) in [6.45, 7) is 6.17. The first kappa shape index (κ1) is 13.2. The molecule has 0 saturated heterocycles. The average molecular weight is 229 g/mol. The number of allylic oxidation sites excluding steroid dienone is 3. The number of nitrogens with one attached hydrogen (secondary N) is 1. The van der Waals surface area contributed by atoms with Crippen LogP contribution in [0.25, 0.3) is 0 Å². The molecule has 2 heteroatoms. The zero-order chi connectivity index (χ0) is 12.7. The Bertz CT molecular complexity index is 430. The molecule has 0 aromatic heterocycles. The van der Waals surface area contributed by atoms with Crippen LogP contribution < -0.4 is 5.32 Å². The van der Waals surface area contributed by atoms with E-state index in [4.69, 9.17) is 0 Å². The van der Waals surface area contributed by atoms with Crippen LogP contribution in [0.5, 0.6) is 0 Å². The molecule has 90 valence electrons. The molecule has 0 heterocycles. The second-order valence-electron chi connectivity index (χ2n) is 4.15. The topological polar surface area (TPSA) is 29.1 Å². The lowest BCUT2D eigenvalue weighted by Gasteiger charge is -2.08. The van der Waals surface area contributed by atoms with Crippen molar-refractivity contribution in [3.63, 3.8) is 0 Å². The van der Waals surface area contributed by atoms with Crippen molar-refractivity contribution in [2.75, 3.05) is 5.32 Å². The summed E-state index contributed by atoms with van der Waals surface area (Å²) in [6.07, 6.45) is 6.94. The second-order valence-corrected chi connectivity index (χ2v) is 4.15. The number of benzene rings is 1. The third-order valence-corrected chi connectivity index (χ3v) is 2.37. The van der Waals surface area contributed by atoms with Gasteiger partial charge in [-0.3, -0.25) is 4.79 Å². The fraction of sp³-hybridized carbons (Fsp3) is 0.267. The Morgan fingerprint density at radius 1 is 1.29 bits per heavy atom. The minimum Gasteiger partial charge on any atom is -0.323 e. The molecule has 0 atom stereocenters. The van der Waals surface area contributed by atoms with Gasteiger partial charge in [-0.2, -0.15) is 0 Å². The molecule has 0 radical (unpaired) electrons. The van der Waals surface area contributed by atoms with Crippen LogP contribution in [0.2, 0.25) is 0 Å². The molecule has 0 aliphatic heterocycles. The average Bonchev–Trinajstić information content (AvgIpc) is 2.29. The van der Waals surface area contributed by atoms with Crippen molar-refractivity contribution in [3.05, 3.63) is 54.1 Å². The fourth-order valence-electron chi connectivity index (χ4n) is 1.41. The van der Waals surface area contributed by atoms with E-state index in [0.717, 1.165) is 5.69 Å². The van der Waals surface area contributed by atoms with Crippen LogP contribution in [0.15, 0.2) is 48.6 Å². The Balaban J connectivity index is 2.68. The lowest BCUT2D eigenvalue weighted by Crippen LogP contribution is -2.07. The zero-order valence-corrected chi connectivity index (χ0v) is 10.6. The van der Waals surface area contributed by atoms with Crippen molar-refractivity contribution in [3.8, 4) is 0 Å². The molecule has 0 saturated carbocycles. The van der Waals surface area contributed by atoms with Gasteiger partial charge in [-0.1, -0.05) is 44.2 Å². The van der Waals surface area contributed by atoms with Gasteiger partial charge in [0, 0.05) is 11.8 Å². The summed E-state index contributed by atoms with van der Waals surface area (Å²) in [7, 11) is 0. The van der Waals surface area contributed by atoms with Crippen LogP contribution in [-0.2, 0) is 4.79 Å². The molecule has 0 fully saturated rings. The molecule has 2 nitrogen and oxygen atoms in total. The van der Waals surface area contributed by atoms with E-state index in [9.17, 15) is 4.79 Å². The summed E-state index contributed by atoms with van der Waals surface area (Å²) >= 11 is 0. The molecule has 0 aliphatic rings. The van der Waals surface area contributed by atoms with Crippen molar-refractivity contribution in [1.29, 1.82) is 0 Å². The van der Waals surface area contributed by atoms with Crippen LogP contribution in [0, 0.1) is 0 Å². The van der Waals surface area contributed by atoms with E-state index in [1.54, 1.807) is 6.08 Å². The number of hydrogen-bond acceptors (Lipinski definition) is 1. The van der Waals surface area contributed by atoms with Crippen LogP contribution in [-0.4, -0.2) is 5.91 Å². The van der Waals surface area contributed by atoms with E-state index in [2.05, 4.69) is 25.2 Å². The predicted molar refractivity (Wildman–Crippen MR) is 73.1 cm³/mol. The molecular formula is C15H19NO. The van der Waals surface area contributed by atoms with Gasteiger partial charge in [0.1, 0.15) is 0 Å². The Hall–Kier alpha value is -1.83. The van der Waals surface area contributed by atoms with Gasteiger partial charge < -0.3 is 5.32 Å². The van der Waals surface area contributed by atoms with Crippen molar-refractivity contribution in [2.24, 2.45) is 0 Å². The van der Waals surface area contributed by atoms with Crippen molar-refractivity contribution in [2.45, 2.75) is 26.7 Å². The lowest BCUT2D eigenvalue weighted by molar-refractivity contribution is -0.111.